The monoisotopic (exact) mass is 335 g/mol. The molecule has 25 heavy (non-hydrogen) atoms. The summed E-state index contributed by atoms with van der Waals surface area (Å²) in [5.41, 5.74) is 1.82. The van der Waals surface area contributed by atoms with Crippen molar-refractivity contribution in [1.82, 2.24) is 14.9 Å². The maximum absolute atomic E-state index is 6.31. The summed E-state index contributed by atoms with van der Waals surface area (Å²) in [6, 6.07) is 12.6. The third-order valence-electron chi connectivity index (χ3n) is 5.58. The normalized spacial score (nSPS) is 30.2. The summed E-state index contributed by atoms with van der Waals surface area (Å²) in [6.07, 6.45) is 4.01. The molecular weight excluding hydrogens is 314 g/mol. The van der Waals surface area contributed by atoms with Crippen molar-refractivity contribution in [2.45, 2.75) is 18.4 Å². The average molecular weight is 335 g/mol. The maximum Gasteiger partial charge on any atom is 0.291 e. The number of hydrogen-bond acceptors (Lipinski definition) is 6. The lowest BCUT2D eigenvalue weighted by atomic mass is 9.75. The Kier molecular flexibility index (Phi) is 3.45. The van der Waals surface area contributed by atoms with Gasteiger partial charge in [-0.25, -0.2) is 15.0 Å². The number of nitrogens with zero attached hydrogens (tertiary/aromatic N) is 4. The molecule has 5 heterocycles. The Balaban J connectivity index is 1.32. The van der Waals surface area contributed by atoms with Crippen LogP contribution in [0.5, 0.6) is 0 Å². The van der Waals surface area contributed by atoms with Crippen LogP contribution in [0.2, 0.25) is 0 Å². The van der Waals surface area contributed by atoms with Crippen LogP contribution in [0.1, 0.15) is 12.8 Å². The third-order valence-corrected chi connectivity index (χ3v) is 5.58. The first-order chi connectivity index (χ1) is 12.3. The predicted molar refractivity (Wildman–Crippen MR) is 96.4 cm³/mol. The molecule has 4 aliphatic rings. The average Bonchev–Trinajstić information content (AvgIpc) is 3.05. The van der Waals surface area contributed by atoms with Gasteiger partial charge in [0.15, 0.2) is 0 Å². The summed E-state index contributed by atoms with van der Waals surface area (Å²) < 4.78 is 6.31. The minimum Gasteiger partial charge on any atom is -0.455 e. The number of anilines is 1. The van der Waals surface area contributed by atoms with Crippen molar-refractivity contribution in [3.05, 3.63) is 42.7 Å². The van der Waals surface area contributed by atoms with Crippen LogP contribution in [0.4, 0.5) is 5.82 Å². The summed E-state index contributed by atoms with van der Waals surface area (Å²) in [6.45, 7) is 4.13. The molecule has 0 aliphatic carbocycles. The van der Waals surface area contributed by atoms with Crippen LogP contribution >= 0.6 is 0 Å². The second-order valence-electron chi connectivity index (χ2n) is 7.12. The Hall–Kier alpha value is -2.47. The Labute approximate surface area is 147 Å². The Morgan fingerprint density at radius 2 is 1.96 bits per heavy atom. The second-order valence-corrected chi connectivity index (χ2v) is 7.12. The number of aliphatic imine (C=N–C) groups is 1. The molecule has 1 aromatic heterocycles. The molecule has 1 unspecified atom stereocenters. The van der Waals surface area contributed by atoms with Crippen LogP contribution in [0.3, 0.4) is 0 Å². The van der Waals surface area contributed by atoms with Gasteiger partial charge in [-0.2, -0.15) is 0 Å². The van der Waals surface area contributed by atoms with E-state index in [9.17, 15) is 0 Å². The van der Waals surface area contributed by atoms with E-state index in [2.05, 4.69) is 25.2 Å². The lowest BCUT2D eigenvalue weighted by molar-refractivity contribution is -0.0829. The van der Waals surface area contributed by atoms with E-state index in [1.807, 2.05) is 36.4 Å². The van der Waals surface area contributed by atoms with Crippen LogP contribution in [0.15, 0.2) is 47.7 Å². The minimum absolute atomic E-state index is 0.131. The van der Waals surface area contributed by atoms with E-state index in [-0.39, 0.29) is 5.60 Å². The summed E-state index contributed by atoms with van der Waals surface area (Å²) in [7, 11) is 0. The summed E-state index contributed by atoms with van der Waals surface area (Å²) in [5, 5.41) is 3.24. The van der Waals surface area contributed by atoms with Gasteiger partial charge in [0.05, 0.1) is 12.2 Å². The van der Waals surface area contributed by atoms with Gasteiger partial charge < -0.3 is 4.74 Å². The smallest absolute Gasteiger partial charge is 0.291 e. The third kappa shape index (κ3) is 2.66. The molecule has 1 N–H and O–H groups in total. The van der Waals surface area contributed by atoms with Crippen LogP contribution in [-0.2, 0) is 4.74 Å². The fraction of sp³-hybridized carbons (Fsp3) is 0.421. The van der Waals surface area contributed by atoms with E-state index in [0.29, 0.717) is 17.8 Å². The lowest BCUT2D eigenvalue weighted by Gasteiger charge is -2.50. The number of hydrogen-bond donors (Lipinski definition) is 1. The fourth-order valence-corrected chi connectivity index (χ4v) is 4.25. The molecule has 128 valence electrons. The number of piperidine rings is 3. The molecule has 0 saturated carbocycles. The number of aromatic nitrogens is 2. The second kappa shape index (κ2) is 5.81. The van der Waals surface area contributed by atoms with E-state index in [0.717, 1.165) is 24.3 Å². The molecule has 6 rings (SSSR count). The van der Waals surface area contributed by atoms with E-state index in [4.69, 9.17) is 4.74 Å². The van der Waals surface area contributed by atoms with E-state index < -0.39 is 0 Å². The summed E-state index contributed by atoms with van der Waals surface area (Å²) in [5.74, 6) is 1.33. The van der Waals surface area contributed by atoms with Gasteiger partial charge in [0.2, 0.25) is 0 Å². The van der Waals surface area contributed by atoms with Crippen molar-refractivity contribution in [1.29, 1.82) is 0 Å². The van der Waals surface area contributed by atoms with Gasteiger partial charge in [-0.05, 0) is 25.9 Å². The molecule has 6 nitrogen and oxygen atoms in total. The van der Waals surface area contributed by atoms with Gasteiger partial charge in [-0.3, -0.25) is 10.2 Å². The van der Waals surface area contributed by atoms with Gasteiger partial charge in [-0.15, -0.1) is 0 Å². The highest BCUT2D eigenvalue weighted by Gasteiger charge is 2.51. The van der Waals surface area contributed by atoms with Gasteiger partial charge in [0.1, 0.15) is 17.7 Å². The molecule has 3 fully saturated rings. The van der Waals surface area contributed by atoms with E-state index in [1.54, 1.807) is 6.33 Å². The Bertz CT molecular complexity index is 800. The first kappa shape index (κ1) is 14.8. The van der Waals surface area contributed by atoms with Crippen LogP contribution in [0, 0.1) is 5.92 Å². The lowest BCUT2D eigenvalue weighted by Crippen LogP contribution is -2.61. The summed E-state index contributed by atoms with van der Waals surface area (Å²) in [4.78, 5) is 15.8. The quantitative estimate of drug-likeness (QED) is 0.913. The van der Waals surface area contributed by atoms with Gasteiger partial charge in [0, 0.05) is 24.1 Å². The van der Waals surface area contributed by atoms with Crippen molar-refractivity contribution < 1.29 is 4.74 Å². The molecule has 0 radical (unpaired) electrons. The molecule has 1 atom stereocenters. The molecular formula is C19H21N5O. The molecule has 4 aliphatic heterocycles. The largest absolute Gasteiger partial charge is 0.455 e. The highest BCUT2D eigenvalue weighted by molar-refractivity contribution is 5.90. The van der Waals surface area contributed by atoms with Crippen molar-refractivity contribution >= 4 is 11.8 Å². The van der Waals surface area contributed by atoms with Crippen molar-refractivity contribution in [2.75, 3.05) is 31.5 Å². The number of amidine groups is 1. The number of fused-ring (bicyclic) bond motifs is 2. The minimum atomic E-state index is -0.131. The standard InChI is InChI=1S/C19H21N5O/c1-2-4-14(5-3-1)16-10-17(22-13-21-16)23-18-20-11-19(25-18)12-24-8-6-15(19)7-9-24/h1-5,10,13,15H,6-9,11-12H2,(H,20,21,22,23). The van der Waals surface area contributed by atoms with Crippen molar-refractivity contribution in [3.63, 3.8) is 0 Å². The zero-order valence-corrected chi connectivity index (χ0v) is 14.1. The molecule has 2 bridgehead atoms. The zero-order chi connectivity index (χ0) is 16.7. The number of nitrogens with one attached hydrogen (secondary N) is 1. The molecule has 0 amide bonds. The first-order valence-electron chi connectivity index (χ1n) is 8.91. The molecule has 2 aromatic rings. The van der Waals surface area contributed by atoms with Crippen LogP contribution in [0.25, 0.3) is 11.3 Å². The number of rotatable bonds is 2. The predicted octanol–water partition coefficient (Wildman–Crippen LogP) is 2.41. The summed E-state index contributed by atoms with van der Waals surface area (Å²) >= 11 is 0. The Morgan fingerprint density at radius 3 is 2.72 bits per heavy atom. The van der Waals surface area contributed by atoms with Crippen molar-refractivity contribution in [2.24, 2.45) is 10.9 Å². The zero-order valence-electron chi connectivity index (χ0n) is 14.1. The molecule has 1 aromatic carbocycles. The van der Waals surface area contributed by atoms with Gasteiger partial charge in [-0.1, -0.05) is 30.3 Å². The number of ether oxygens (including phenoxy) is 1. The maximum atomic E-state index is 6.31. The highest BCUT2D eigenvalue weighted by Crippen LogP contribution is 2.40. The topological polar surface area (TPSA) is 62.6 Å². The van der Waals surface area contributed by atoms with Crippen molar-refractivity contribution in [3.8, 4) is 11.3 Å². The van der Waals surface area contributed by atoms with E-state index in [1.165, 1.54) is 25.9 Å². The first-order valence-corrected chi connectivity index (χ1v) is 8.91. The fourth-order valence-electron chi connectivity index (χ4n) is 4.25. The number of benzene rings is 1. The van der Waals surface area contributed by atoms with Crippen LogP contribution in [-0.4, -0.2) is 52.7 Å². The highest BCUT2D eigenvalue weighted by atomic mass is 16.5. The molecule has 1 spiro atoms. The van der Waals surface area contributed by atoms with Crippen LogP contribution < -0.4 is 5.32 Å². The van der Waals surface area contributed by atoms with Gasteiger partial charge >= 0.3 is 0 Å². The Morgan fingerprint density at radius 1 is 1.12 bits per heavy atom. The molecule has 3 saturated heterocycles. The van der Waals surface area contributed by atoms with Gasteiger partial charge in [0.25, 0.3) is 6.02 Å². The molecule has 6 heteroatoms. The SMILES string of the molecule is c1ccc(-c2cc(NC3=NCC4(CN5CCC4CC5)O3)ncn2)cc1. The van der Waals surface area contributed by atoms with E-state index >= 15 is 0 Å².